The molecule has 0 aliphatic carbocycles. The molecule has 3 nitrogen and oxygen atoms in total. The van der Waals surface area contributed by atoms with Crippen LogP contribution in [-0.2, 0) is 0 Å². The Labute approximate surface area is 94.1 Å². The highest BCUT2D eigenvalue weighted by Crippen LogP contribution is 2.00. The largest absolute Gasteiger partial charge is 0.394 e. The van der Waals surface area contributed by atoms with Crippen molar-refractivity contribution in [2.75, 3.05) is 6.61 Å². The van der Waals surface area contributed by atoms with E-state index in [1.54, 1.807) is 0 Å². The molecule has 15 heavy (non-hydrogen) atoms. The molecule has 0 heterocycles. The zero-order valence-electron chi connectivity index (χ0n) is 9.86. The zero-order valence-corrected chi connectivity index (χ0v) is 9.86. The molecular formula is C12H26O3. The topological polar surface area (TPSA) is 60.7 Å². The smallest absolute Gasteiger partial charge is 0.103 e. The van der Waals surface area contributed by atoms with Gasteiger partial charge in [-0.15, -0.1) is 39.5 Å². The van der Waals surface area contributed by atoms with E-state index in [1.165, 1.54) is 0 Å². The fourth-order valence-electron chi connectivity index (χ4n) is 0.610. The fourth-order valence-corrected chi connectivity index (χ4v) is 0.610. The van der Waals surface area contributed by atoms with Crippen LogP contribution in [-0.4, -0.2) is 34.1 Å². The summed E-state index contributed by atoms with van der Waals surface area (Å²) in [5, 5.41) is 26.0. The summed E-state index contributed by atoms with van der Waals surface area (Å²) in [5.41, 5.74) is 0. The van der Waals surface area contributed by atoms with E-state index >= 15 is 0 Å². The predicted molar refractivity (Wildman–Crippen MR) is 67.8 cm³/mol. The highest BCUT2D eigenvalue weighted by Gasteiger charge is 2.12. The Bertz CT molecular complexity index is 92.1. The van der Waals surface area contributed by atoms with Crippen LogP contribution in [0.2, 0.25) is 0 Å². The van der Waals surface area contributed by atoms with E-state index < -0.39 is 12.2 Å². The van der Waals surface area contributed by atoms with Gasteiger partial charge in [-0.2, -0.15) is 0 Å². The average molecular weight is 218 g/mol. The van der Waals surface area contributed by atoms with E-state index in [0.29, 0.717) is 6.42 Å². The lowest BCUT2D eigenvalue weighted by molar-refractivity contribution is -0.0177. The minimum atomic E-state index is -0.968. The summed E-state index contributed by atoms with van der Waals surface area (Å²) >= 11 is 0. The minimum absolute atomic E-state index is 0.360. The van der Waals surface area contributed by atoms with Crippen LogP contribution in [0.15, 0.2) is 39.5 Å². The summed E-state index contributed by atoms with van der Waals surface area (Å²) in [4.78, 5) is 0. The van der Waals surface area contributed by atoms with E-state index in [-0.39, 0.29) is 6.61 Å². The van der Waals surface area contributed by atoms with Crippen molar-refractivity contribution in [3.63, 3.8) is 0 Å². The molecule has 0 aromatic heterocycles. The Kier molecular flexibility index (Phi) is 46.2. The van der Waals surface area contributed by atoms with Gasteiger partial charge in [0.1, 0.15) is 6.10 Å². The second-order valence-electron chi connectivity index (χ2n) is 2.11. The van der Waals surface area contributed by atoms with Crippen molar-refractivity contribution < 1.29 is 15.3 Å². The van der Waals surface area contributed by atoms with Crippen molar-refractivity contribution in [2.45, 2.75) is 32.0 Å². The zero-order chi connectivity index (χ0) is 13.3. The van der Waals surface area contributed by atoms with Gasteiger partial charge in [0, 0.05) is 0 Å². The maximum atomic E-state index is 8.91. The molecule has 0 aliphatic heterocycles. The van der Waals surface area contributed by atoms with Crippen molar-refractivity contribution in [3.05, 3.63) is 39.5 Å². The third kappa shape index (κ3) is 24.6. The molecule has 2 unspecified atom stereocenters. The van der Waals surface area contributed by atoms with Crippen LogP contribution in [0.5, 0.6) is 0 Å². The third-order valence-corrected chi connectivity index (χ3v) is 1.22. The van der Waals surface area contributed by atoms with E-state index in [9.17, 15) is 0 Å². The molecule has 0 fully saturated rings. The molecule has 0 spiro atoms. The standard InChI is InChI=1S/C6H14O3.3C2H4/c1-2-3-5(8)6(9)4-7;3*1-2/h5-9H,2-4H2,1H3;3*1-2H2. The van der Waals surface area contributed by atoms with Gasteiger partial charge in [-0.25, -0.2) is 0 Å². The molecule has 0 aromatic carbocycles. The highest BCUT2D eigenvalue weighted by molar-refractivity contribution is 4.63. The highest BCUT2D eigenvalue weighted by atomic mass is 16.4. The molecule has 3 N–H and O–H groups in total. The lowest BCUT2D eigenvalue weighted by atomic mass is 10.1. The summed E-state index contributed by atoms with van der Waals surface area (Å²) in [7, 11) is 0. The SMILES string of the molecule is C=C.C=C.C=C.CCCC(O)C(O)CO. The second kappa shape index (κ2) is 29.2. The van der Waals surface area contributed by atoms with E-state index in [0.717, 1.165) is 6.42 Å². The molecule has 0 rings (SSSR count). The van der Waals surface area contributed by atoms with Crippen LogP contribution in [0.25, 0.3) is 0 Å². The van der Waals surface area contributed by atoms with Crippen molar-refractivity contribution in [1.82, 2.24) is 0 Å². The number of hydrogen-bond acceptors (Lipinski definition) is 3. The number of aliphatic hydroxyl groups excluding tert-OH is 3. The number of hydrogen-bond donors (Lipinski definition) is 3. The quantitative estimate of drug-likeness (QED) is 0.632. The Balaban J connectivity index is -0.0000000860. The Morgan fingerprint density at radius 3 is 1.40 bits per heavy atom. The Hall–Kier alpha value is -0.900. The van der Waals surface area contributed by atoms with Crippen LogP contribution in [0.4, 0.5) is 0 Å². The Morgan fingerprint density at radius 1 is 0.867 bits per heavy atom. The molecule has 0 amide bonds. The van der Waals surface area contributed by atoms with Crippen molar-refractivity contribution in [1.29, 1.82) is 0 Å². The van der Waals surface area contributed by atoms with Gasteiger partial charge < -0.3 is 15.3 Å². The fraction of sp³-hybridized carbons (Fsp3) is 0.500. The van der Waals surface area contributed by atoms with Crippen LogP contribution in [0.3, 0.4) is 0 Å². The maximum absolute atomic E-state index is 8.91. The lowest BCUT2D eigenvalue weighted by Gasteiger charge is -2.13. The third-order valence-electron chi connectivity index (χ3n) is 1.22. The van der Waals surface area contributed by atoms with Crippen molar-refractivity contribution >= 4 is 0 Å². The first kappa shape index (κ1) is 23.7. The van der Waals surface area contributed by atoms with Gasteiger partial charge in [-0.3, -0.25) is 0 Å². The van der Waals surface area contributed by atoms with Gasteiger partial charge in [0.25, 0.3) is 0 Å². The van der Waals surface area contributed by atoms with Crippen molar-refractivity contribution in [2.24, 2.45) is 0 Å². The minimum Gasteiger partial charge on any atom is -0.394 e. The summed E-state index contributed by atoms with van der Waals surface area (Å²) in [6, 6.07) is 0. The summed E-state index contributed by atoms with van der Waals surface area (Å²) < 4.78 is 0. The molecule has 2 atom stereocenters. The van der Waals surface area contributed by atoms with Gasteiger partial charge in [0.2, 0.25) is 0 Å². The molecule has 3 heteroatoms. The van der Waals surface area contributed by atoms with E-state index in [1.807, 2.05) is 6.92 Å². The van der Waals surface area contributed by atoms with E-state index in [2.05, 4.69) is 39.5 Å². The number of aliphatic hydroxyl groups is 3. The first-order chi connectivity index (χ1) is 7.22. The summed E-state index contributed by atoms with van der Waals surface area (Å²) in [5.74, 6) is 0. The molecule has 0 aliphatic rings. The van der Waals surface area contributed by atoms with Gasteiger partial charge in [0.15, 0.2) is 0 Å². The monoisotopic (exact) mass is 218 g/mol. The normalized spacial score (nSPS) is 11.2. The average Bonchev–Trinajstić information content (AvgIpc) is 2.36. The molecule has 0 bridgehead atoms. The van der Waals surface area contributed by atoms with Crippen LogP contribution in [0.1, 0.15) is 19.8 Å². The molecular weight excluding hydrogens is 192 g/mol. The van der Waals surface area contributed by atoms with E-state index in [4.69, 9.17) is 15.3 Å². The molecule has 0 saturated carbocycles. The number of rotatable bonds is 4. The summed E-state index contributed by atoms with van der Waals surface area (Å²) in [6.07, 6.45) is -0.370. The van der Waals surface area contributed by atoms with Gasteiger partial charge >= 0.3 is 0 Å². The lowest BCUT2D eigenvalue weighted by Crippen LogP contribution is -2.28. The molecule has 92 valence electrons. The molecule has 0 saturated heterocycles. The summed E-state index contributed by atoms with van der Waals surface area (Å²) in [6.45, 7) is 19.6. The predicted octanol–water partition coefficient (Wildman–Crippen LogP) is 1.91. The van der Waals surface area contributed by atoms with Crippen LogP contribution >= 0.6 is 0 Å². The molecule has 0 radical (unpaired) electrons. The van der Waals surface area contributed by atoms with Crippen LogP contribution < -0.4 is 0 Å². The van der Waals surface area contributed by atoms with Gasteiger partial charge in [0.05, 0.1) is 12.7 Å². The van der Waals surface area contributed by atoms with Crippen LogP contribution in [0, 0.1) is 0 Å². The molecule has 0 aromatic rings. The maximum Gasteiger partial charge on any atom is 0.103 e. The van der Waals surface area contributed by atoms with Gasteiger partial charge in [-0.05, 0) is 6.42 Å². The first-order valence-corrected chi connectivity index (χ1v) is 4.69. The van der Waals surface area contributed by atoms with Crippen molar-refractivity contribution in [3.8, 4) is 0 Å². The second-order valence-corrected chi connectivity index (χ2v) is 2.11. The van der Waals surface area contributed by atoms with Gasteiger partial charge in [-0.1, -0.05) is 13.3 Å². The Morgan fingerprint density at radius 2 is 1.20 bits per heavy atom. The first-order valence-electron chi connectivity index (χ1n) is 4.69.